The summed E-state index contributed by atoms with van der Waals surface area (Å²) in [7, 11) is 0. The number of hydrogen-bond acceptors (Lipinski definition) is 2. The molecule has 8 atom stereocenters. The fourth-order valence-corrected chi connectivity index (χ4v) is 8.03. The average Bonchev–Trinajstić information content (AvgIpc) is 3.00. The first-order valence-corrected chi connectivity index (χ1v) is 12.4. The van der Waals surface area contributed by atoms with E-state index in [9.17, 15) is 10.2 Å². The first kappa shape index (κ1) is 21.6. The van der Waals surface area contributed by atoms with E-state index in [0.29, 0.717) is 23.7 Å². The summed E-state index contributed by atoms with van der Waals surface area (Å²) in [5.74, 6) is 3.07. The van der Waals surface area contributed by atoms with Gasteiger partial charge in [0.1, 0.15) is 0 Å². The standard InChI is InChI=1S/C27H44O2/c1-17(2)7-6-8-18(3)21-9-10-22-25-23(12-14-27(21,22)5)26(4)13-11-20(28)15-19(26)16-24(25)29/h6,8,17-21,23-24,28-29H,7,9-16H2,1-5H3/b8-6+/t18-,19?,20+,21-,23?,24-,26+,27-/m1/s1. The lowest BCUT2D eigenvalue weighted by Gasteiger charge is -2.58. The summed E-state index contributed by atoms with van der Waals surface area (Å²) in [5, 5.41) is 21.5. The first-order chi connectivity index (χ1) is 13.7. The minimum atomic E-state index is -0.275. The number of allylic oxidation sites excluding steroid dienone is 3. The van der Waals surface area contributed by atoms with Crippen LogP contribution >= 0.6 is 0 Å². The van der Waals surface area contributed by atoms with Crippen molar-refractivity contribution in [1.82, 2.24) is 0 Å². The first-order valence-electron chi connectivity index (χ1n) is 12.4. The van der Waals surface area contributed by atoms with Crippen LogP contribution in [0.2, 0.25) is 0 Å². The highest BCUT2D eigenvalue weighted by Gasteiger charge is 2.57. The van der Waals surface area contributed by atoms with Crippen molar-refractivity contribution in [3.63, 3.8) is 0 Å². The Kier molecular flexibility index (Phi) is 5.84. The van der Waals surface area contributed by atoms with Gasteiger partial charge in [0.05, 0.1) is 12.2 Å². The smallest absolute Gasteiger partial charge is 0.0758 e. The van der Waals surface area contributed by atoms with Crippen LogP contribution in [0.5, 0.6) is 0 Å². The van der Waals surface area contributed by atoms with E-state index in [1.54, 1.807) is 5.57 Å². The fourth-order valence-electron chi connectivity index (χ4n) is 8.03. The number of hydrogen-bond donors (Lipinski definition) is 2. The average molecular weight is 401 g/mol. The Bertz CT molecular complexity index is 676. The van der Waals surface area contributed by atoms with Crippen molar-refractivity contribution in [3.8, 4) is 0 Å². The molecular formula is C27H44O2. The van der Waals surface area contributed by atoms with Crippen molar-refractivity contribution in [2.45, 2.75) is 105 Å². The monoisotopic (exact) mass is 400 g/mol. The lowest BCUT2D eigenvalue weighted by Crippen LogP contribution is -2.52. The number of rotatable bonds is 4. The largest absolute Gasteiger partial charge is 0.393 e. The Morgan fingerprint density at radius 3 is 2.52 bits per heavy atom. The molecule has 0 bridgehead atoms. The maximum absolute atomic E-state index is 11.3. The van der Waals surface area contributed by atoms with Crippen LogP contribution in [0.15, 0.2) is 23.3 Å². The third-order valence-electron chi connectivity index (χ3n) is 9.74. The van der Waals surface area contributed by atoms with Crippen LogP contribution < -0.4 is 0 Å². The van der Waals surface area contributed by atoms with E-state index < -0.39 is 0 Å². The normalized spacial score (nSPS) is 46.0. The van der Waals surface area contributed by atoms with Gasteiger partial charge in [-0.2, -0.15) is 0 Å². The Balaban J connectivity index is 1.62. The molecule has 4 aliphatic carbocycles. The van der Waals surface area contributed by atoms with E-state index in [2.05, 4.69) is 46.8 Å². The molecule has 2 unspecified atom stereocenters. The van der Waals surface area contributed by atoms with E-state index in [1.807, 2.05) is 0 Å². The van der Waals surface area contributed by atoms with Gasteiger partial charge in [-0.1, -0.05) is 52.3 Å². The van der Waals surface area contributed by atoms with E-state index in [4.69, 9.17) is 0 Å². The summed E-state index contributed by atoms with van der Waals surface area (Å²) in [4.78, 5) is 0. The van der Waals surface area contributed by atoms with Crippen LogP contribution in [-0.4, -0.2) is 22.4 Å². The molecule has 2 heteroatoms. The van der Waals surface area contributed by atoms with Gasteiger partial charge in [-0.25, -0.2) is 0 Å². The van der Waals surface area contributed by atoms with Gasteiger partial charge in [0.25, 0.3) is 0 Å². The Morgan fingerprint density at radius 1 is 1.03 bits per heavy atom. The molecule has 0 amide bonds. The van der Waals surface area contributed by atoms with Gasteiger partial charge in [-0.3, -0.25) is 0 Å². The van der Waals surface area contributed by atoms with Crippen molar-refractivity contribution < 1.29 is 10.2 Å². The fraction of sp³-hybridized carbons (Fsp3) is 0.852. The summed E-state index contributed by atoms with van der Waals surface area (Å²) < 4.78 is 0. The Labute approximate surface area is 178 Å². The van der Waals surface area contributed by atoms with Gasteiger partial charge in [-0.15, -0.1) is 0 Å². The number of aliphatic hydroxyl groups is 2. The van der Waals surface area contributed by atoms with E-state index in [-0.39, 0.29) is 23.0 Å². The molecule has 4 aliphatic rings. The number of aliphatic hydroxyl groups excluding tert-OH is 2. The van der Waals surface area contributed by atoms with Crippen LogP contribution in [0, 0.1) is 40.4 Å². The molecule has 2 N–H and O–H groups in total. The molecule has 164 valence electrons. The van der Waals surface area contributed by atoms with Gasteiger partial charge in [0.2, 0.25) is 0 Å². The SMILES string of the molecule is CC(C)C/C=C/[C@@H](C)[C@H]1CCC2=C3C(CC[C@@]21C)[C@@]1(C)CC[C@H](O)CC1C[C@H]3O. The summed E-state index contributed by atoms with van der Waals surface area (Å²) in [5.41, 5.74) is 3.64. The van der Waals surface area contributed by atoms with Gasteiger partial charge in [0, 0.05) is 0 Å². The van der Waals surface area contributed by atoms with Gasteiger partial charge in [-0.05, 0) is 104 Å². The minimum Gasteiger partial charge on any atom is -0.393 e. The maximum atomic E-state index is 11.3. The quantitative estimate of drug-likeness (QED) is 0.545. The molecule has 0 heterocycles. The molecule has 0 spiro atoms. The highest BCUT2D eigenvalue weighted by Crippen LogP contribution is 2.65. The summed E-state index contributed by atoms with van der Waals surface area (Å²) in [6, 6.07) is 0. The van der Waals surface area contributed by atoms with Crippen molar-refractivity contribution >= 4 is 0 Å². The molecule has 0 radical (unpaired) electrons. The zero-order valence-electron chi connectivity index (χ0n) is 19.5. The maximum Gasteiger partial charge on any atom is 0.0758 e. The molecule has 0 aromatic heterocycles. The van der Waals surface area contributed by atoms with Gasteiger partial charge >= 0.3 is 0 Å². The summed E-state index contributed by atoms with van der Waals surface area (Å²) >= 11 is 0. The lowest BCUT2D eigenvalue weighted by atomic mass is 9.48. The Morgan fingerprint density at radius 2 is 1.79 bits per heavy atom. The predicted molar refractivity (Wildman–Crippen MR) is 120 cm³/mol. The summed E-state index contributed by atoms with van der Waals surface area (Å²) in [6.07, 6.45) is 14.4. The predicted octanol–water partition coefficient (Wildman–Crippen LogP) is 6.28. The molecule has 4 rings (SSSR count). The third kappa shape index (κ3) is 3.57. The van der Waals surface area contributed by atoms with Gasteiger partial charge in [0.15, 0.2) is 0 Å². The van der Waals surface area contributed by atoms with Crippen molar-refractivity contribution in [2.75, 3.05) is 0 Å². The van der Waals surface area contributed by atoms with Crippen LogP contribution in [-0.2, 0) is 0 Å². The van der Waals surface area contributed by atoms with Gasteiger partial charge < -0.3 is 10.2 Å². The molecule has 3 fully saturated rings. The van der Waals surface area contributed by atoms with Crippen molar-refractivity contribution in [3.05, 3.63) is 23.3 Å². The molecule has 29 heavy (non-hydrogen) atoms. The minimum absolute atomic E-state index is 0.155. The van der Waals surface area contributed by atoms with Crippen LogP contribution in [0.3, 0.4) is 0 Å². The van der Waals surface area contributed by atoms with Crippen LogP contribution in [0.1, 0.15) is 92.4 Å². The topological polar surface area (TPSA) is 40.5 Å². The molecule has 0 aromatic carbocycles. The van der Waals surface area contributed by atoms with Crippen molar-refractivity contribution in [1.29, 1.82) is 0 Å². The lowest BCUT2D eigenvalue weighted by molar-refractivity contribution is -0.0661. The zero-order valence-corrected chi connectivity index (χ0v) is 19.5. The second kappa shape index (κ2) is 7.83. The third-order valence-corrected chi connectivity index (χ3v) is 9.74. The molecular weight excluding hydrogens is 356 g/mol. The summed E-state index contributed by atoms with van der Waals surface area (Å²) in [6.45, 7) is 12.0. The zero-order chi connectivity index (χ0) is 21.0. The second-order valence-electron chi connectivity index (χ2n) is 11.9. The molecule has 0 aliphatic heterocycles. The highest BCUT2D eigenvalue weighted by molar-refractivity contribution is 5.37. The van der Waals surface area contributed by atoms with Crippen LogP contribution in [0.4, 0.5) is 0 Å². The van der Waals surface area contributed by atoms with E-state index in [1.165, 1.54) is 37.7 Å². The highest BCUT2D eigenvalue weighted by atomic mass is 16.3. The van der Waals surface area contributed by atoms with Crippen LogP contribution in [0.25, 0.3) is 0 Å². The van der Waals surface area contributed by atoms with E-state index >= 15 is 0 Å². The molecule has 0 aromatic rings. The number of fused-ring (bicyclic) bond motifs is 4. The van der Waals surface area contributed by atoms with Crippen molar-refractivity contribution in [2.24, 2.45) is 40.4 Å². The molecule has 0 saturated heterocycles. The molecule has 2 nitrogen and oxygen atoms in total. The second-order valence-corrected chi connectivity index (χ2v) is 11.9. The molecule has 3 saturated carbocycles. The van der Waals surface area contributed by atoms with E-state index in [0.717, 1.165) is 31.6 Å². The Hall–Kier alpha value is -0.600.